The molecule has 0 unspecified atom stereocenters. The second kappa shape index (κ2) is 7.46. The third-order valence-corrected chi connectivity index (χ3v) is 5.52. The summed E-state index contributed by atoms with van der Waals surface area (Å²) in [6.45, 7) is 2.86. The predicted molar refractivity (Wildman–Crippen MR) is 119 cm³/mol. The van der Waals surface area contributed by atoms with Crippen molar-refractivity contribution in [3.8, 4) is 22.6 Å². The monoisotopic (exact) mass is 428 g/mol. The van der Waals surface area contributed by atoms with Crippen molar-refractivity contribution in [1.29, 1.82) is 0 Å². The molecular formula is C21H20N10O. The van der Waals surface area contributed by atoms with Gasteiger partial charge in [0.25, 0.3) is 0 Å². The molecule has 0 atom stereocenters. The lowest BCUT2D eigenvalue weighted by molar-refractivity contribution is 0.122. The van der Waals surface area contributed by atoms with E-state index < -0.39 is 0 Å². The van der Waals surface area contributed by atoms with Gasteiger partial charge in [-0.3, -0.25) is 10.1 Å². The van der Waals surface area contributed by atoms with Crippen LogP contribution in [0.15, 0.2) is 55.2 Å². The fourth-order valence-electron chi connectivity index (χ4n) is 3.95. The number of nitrogens with zero attached hydrogens (tertiary/aromatic N) is 8. The van der Waals surface area contributed by atoms with Crippen LogP contribution in [-0.2, 0) is 4.74 Å². The summed E-state index contributed by atoms with van der Waals surface area (Å²) in [5.41, 5.74) is 9.80. The molecule has 11 nitrogen and oxygen atoms in total. The first-order chi connectivity index (χ1) is 15.8. The molecule has 11 heteroatoms. The number of fused-ring (bicyclic) bond motifs is 1. The quantitative estimate of drug-likeness (QED) is 0.443. The smallest absolute Gasteiger partial charge is 0.169 e. The summed E-state index contributed by atoms with van der Waals surface area (Å²) in [4.78, 5) is 11.2. The second-order valence-corrected chi connectivity index (χ2v) is 7.44. The number of aromatic amines is 1. The second-order valence-electron chi connectivity index (χ2n) is 7.44. The highest BCUT2D eigenvalue weighted by Crippen LogP contribution is 2.35. The van der Waals surface area contributed by atoms with Crippen LogP contribution in [0.4, 0.5) is 11.6 Å². The van der Waals surface area contributed by atoms with Gasteiger partial charge in [-0.05, 0) is 18.2 Å². The standard InChI is InChI=1S/C21H20N10O/c22-20-19-16(14-12-25-30(13-14)15-1-4-23-5-2-15)11-18(29-7-9-32-10-8-29)26-21(19)31(28-20)17-3-6-24-27-17/h1-6,11-13H,7-10H2,(H2,22,28)(H,24,27). The summed E-state index contributed by atoms with van der Waals surface area (Å²) in [6.07, 6.45) is 8.95. The molecule has 1 fully saturated rings. The summed E-state index contributed by atoms with van der Waals surface area (Å²) in [6, 6.07) is 7.69. The van der Waals surface area contributed by atoms with E-state index in [1.54, 1.807) is 23.3 Å². The maximum absolute atomic E-state index is 6.39. The average Bonchev–Trinajstić information content (AvgIpc) is 3.60. The summed E-state index contributed by atoms with van der Waals surface area (Å²) in [7, 11) is 0. The van der Waals surface area contributed by atoms with Gasteiger partial charge in [0, 0.05) is 48.9 Å². The molecule has 6 heterocycles. The number of aromatic nitrogens is 8. The predicted octanol–water partition coefficient (Wildman–Crippen LogP) is 1.81. The van der Waals surface area contributed by atoms with Gasteiger partial charge in [-0.25, -0.2) is 9.67 Å². The van der Waals surface area contributed by atoms with Gasteiger partial charge >= 0.3 is 0 Å². The zero-order chi connectivity index (χ0) is 21.5. The molecule has 0 aromatic carbocycles. The number of H-pyrrole nitrogens is 1. The molecule has 0 saturated carbocycles. The van der Waals surface area contributed by atoms with Crippen LogP contribution < -0.4 is 10.6 Å². The minimum Gasteiger partial charge on any atom is -0.382 e. The molecule has 1 aliphatic rings. The summed E-state index contributed by atoms with van der Waals surface area (Å²) in [5.74, 6) is 1.92. The van der Waals surface area contributed by atoms with Gasteiger partial charge in [-0.15, -0.1) is 5.10 Å². The Hall–Kier alpha value is -4.25. The van der Waals surface area contributed by atoms with Gasteiger partial charge in [0.05, 0.1) is 36.7 Å². The van der Waals surface area contributed by atoms with Crippen molar-refractivity contribution in [2.24, 2.45) is 0 Å². The highest BCUT2D eigenvalue weighted by atomic mass is 16.5. The molecular weight excluding hydrogens is 408 g/mol. The average molecular weight is 428 g/mol. The molecule has 6 rings (SSSR count). The van der Waals surface area contributed by atoms with E-state index in [1.807, 2.05) is 35.3 Å². The summed E-state index contributed by atoms with van der Waals surface area (Å²) in [5, 5.41) is 16.9. The number of ether oxygens (including phenoxy) is 1. The van der Waals surface area contributed by atoms with E-state index in [0.717, 1.165) is 41.1 Å². The van der Waals surface area contributed by atoms with Crippen molar-refractivity contribution in [2.75, 3.05) is 36.9 Å². The normalized spacial score (nSPS) is 14.3. The Morgan fingerprint density at radius 2 is 1.91 bits per heavy atom. The van der Waals surface area contributed by atoms with Crippen LogP contribution in [0.1, 0.15) is 0 Å². The van der Waals surface area contributed by atoms with Gasteiger partial charge in [0.2, 0.25) is 0 Å². The summed E-state index contributed by atoms with van der Waals surface area (Å²) >= 11 is 0. The van der Waals surface area contributed by atoms with Gasteiger partial charge in [-0.2, -0.15) is 14.9 Å². The van der Waals surface area contributed by atoms with E-state index in [0.29, 0.717) is 30.5 Å². The van der Waals surface area contributed by atoms with Gasteiger partial charge in [0.15, 0.2) is 17.3 Å². The summed E-state index contributed by atoms with van der Waals surface area (Å²) < 4.78 is 9.03. The van der Waals surface area contributed by atoms with E-state index >= 15 is 0 Å². The van der Waals surface area contributed by atoms with E-state index in [1.165, 1.54) is 0 Å². The van der Waals surface area contributed by atoms with E-state index in [-0.39, 0.29) is 0 Å². The Balaban J connectivity index is 1.56. The van der Waals surface area contributed by atoms with E-state index in [2.05, 4.69) is 36.3 Å². The van der Waals surface area contributed by atoms with Gasteiger partial charge in [0.1, 0.15) is 5.82 Å². The van der Waals surface area contributed by atoms with Crippen molar-refractivity contribution in [3.05, 3.63) is 55.2 Å². The number of nitrogens with two attached hydrogens (primary N) is 1. The molecule has 3 N–H and O–H groups in total. The number of nitrogen functional groups attached to an aromatic ring is 1. The van der Waals surface area contributed by atoms with Crippen LogP contribution in [0.25, 0.3) is 33.7 Å². The lowest BCUT2D eigenvalue weighted by Crippen LogP contribution is -2.36. The molecule has 0 radical (unpaired) electrons. The zero-order valence-corrected chi connectivity index (χ0v) is 17.1. The molecule has 0 amide bonds. The highest BCUT2D eigenvalue weighted by Gasteiger charge is 2.22. The Kier molecular flexibility index (Phi) is 4.32. The third kappa shape index (κ3) is 3.06. The van der Waals surface area contributed by atoms with Gasteiger partial charge < -0.3 is 15.4 Å². The minimum atomic E-state index is 0.391. The molecule has 1 saturated heterocycles. The topological polar surface area (TPSA) is 129 Å². The first-order valence-electron chi connectivity index (χ1n) is 10.2. The third-order valence-electron chi connectivity index (χ3n) is 5.52. The minimum absolute atomic E-state index is 0.391. The Labute approximate surface area is 182 Å². The fraction of sp³-hybridized carbons (Fsp3) is 0.190. The van der Waals surface area contributed by atoms with Crippen molar-refractivity contribution in [3.63, 3.8) is 0 Å². The van der Waals surface area contributed by atoms with E-state index in [9.17, 15) is 0 Å². The number of rotatable bonds is 4. The molecule has 0 bridgehead atoms. The van der Waals surface area contributed by atoms with Crippen LogP contribution in [0.5, 0.6) is 0 Å². The Morgan fingerprint density at radius 1 is 1.06 bits per heavy atom. The zero-order valence-electron chi connectivity index (χ0n) is 17.1. The SMILES string of the molecule is Nc1nn(-c2ccn[nH]2)c2nc(N3CCOCC3)cc(-c3cnn(-c4ccncc4)c3)c12. The van der Waals surface area contributed by atoms with Crippen LogP contribution in [0, 0.1) is 0 Å². The van der Waals surface area contributed by atoms with Crippen molar-refractivity contribution < 1.29 is 4.74 Å². The lowest BCUT2D eigenvalue weighted by Gasteiger charge is -2.28. The number of hydrogen-bond acceptors (Lipinski definition) is 8. The molecule has 5 aromatic heterocycles. The van der Waals surface area contributed by atoms with Crippen molar-refractivity contribution in [2.45, 2.75) is 0 Å². The first-order valence-corrected chi connectivity index (χ1v) is 10.2. The molecule has 160 valence electrons. The van der Waals surface area contributed by atoms with Crippen LogP contribution in [-0.4, -0.2) is 66.0 Å². The number of hydrogen-bond donors (Lipinski definition) is 2. The first kappa shape index (κ1) is 18.5. The van der Waals surface area contributed by atoms with Crippen LogP contribution >= 0.6 is 0 Å². The molecule has 5 aromatic rings. The number of pyridine rings is 2. The highest BCUT2D eigenvalue weighted by molar-refractivity contribution is 6.01. The maximum atomic E-state index is 6.39. The number of anilines is 2. The lowest BCUT2D eigenvalue weighted by atomic mass is 10.1. The van der Waals surface area contributed by atoms with Crippen molar-refractivity contribution in [1.82, 2.24) is 39.7 Å². The largest absolute Gasteiger partial charge is 0.382 e. The molecule has 1 aliphatic heterocycles. The molecule has 0 spiro atoms. The maximum Gasteiger partial charge on any atom is 0.169 e. The van der Waals surface area contributed by atoms with Crippen LogP contribution in [0.3, 0.4) is 0 Å². The fourth-order valence-corrected chi connectivity index (χ4v) is 3.95. The number of nitrogens with one attached hydrogen (secondary N) is 1. The molecule has 0 aliphatic carbocycles. The Bertz CT molecular complexity index is 1370. The van der Waals surface area contributed by atoms with Crippen LogP contribution in [0.2, 0.25) is 0 Å². The van der Waals surface area contributed by atoms with E-state index in [4.69, 9.17) is 15.5 Å². The number of morpholine rings is 1. The van der Waals surface area contributed by atoms with Crippen molar-refractivity contribution >= 4 is 22.7 Å². The van der Waals surface area contributed by atoms with Gasteiger partial charge in [-0.1, -0.05) is 0 Å². The molecule has 32 heavy (non-hydrogen) atoms. The Morgan fingerprint density at radius 3 is 2.69 bits per heavy atom.